The third kappa shape index (κ3) is 6.05. The molecule has 0 saturated carbocycles. The molecule has 16 heavy (non-hydrogen) atoms. The van der Waals surface area contributed by atoms with Crippen LogP contribution >= 0.6 is 0 Å². The third-order valence-electron chi connectivity index (χ3n) is 2.49. The molecule has 0 aromatic carbocycles. The van der Waals surface area contributed by atoms with Gasteiger partial charge in [-0.2, -0.15) is 0 Å². The van der Waals surface area contributed by atoms with E-state index in [4.69, 9.17) is 15.2 Å². The number of amides is 1. The number of ether oxygens (including phenoxy) is 2. The van der Waals surface area contributed by atoms with Gasteiger partial charge in [-0.05, 0) is 26.3 Å². The fourth-order valence-electron chi connectivity index (χ4n) is 1.22. The second kappa shape index (κ2) is 8.50. The van der Waals surface area contributed by atoms with Crippen molar-refractivity contribution >= 4 is 5.91 Å². The maximum absolute atomic E-state index is 11.3. The summed E-state index contributed by atoms with van der Waals surface area (Å²) in [5.41, 5.74) is 4.69. The highest BCUT2D eigenvalue weighted by Gasteiger charge is 2.29. The van der Waals surface area contributed by atoms with Crippen LogP contribution in [0.3, 0.4) is 0 Å². The minimum absolute atomic E-state index is 0.337. The van der Waals surface area contributed by atoms with Crippen LogP contribution < -0.4 is 11.1 Å². The highest BCUT2D eigenvalue weighted by Crippen LogP contribution is 2.09. The van der Waals surface area contributed by atoms with Crippen molar-refractivity contribution in [2.45, 2.75) is 32.2 Å². The number of nitrogens with two attached hydrogens (primary N) is 1. The van der Waals surface area contributed by atoms with E-state index in [-0.39, 0.29) is 5.91 Å². The first-order chi connectivity index (χ1) is 7.56. The smallest absolute Gasteiger partial charge is 0.237 e. The number of nitrogens with one attached hydrogen (secondary N) is 1. The van der Waals surface area contributed by atoms with Crippen molar-refractivity contribution in [1.29, 1.82) is 0 Å². The molecule has 0 saturated heterocycles. The number of carbonyl (C=O) groups is 1. The van der Waals surface area contributed by atoms with E-state index in [0.717, 1.165) is 13.0 Å². The SMILES string of the molecule is CCCNC(C)(CCOCCOC)C(N)=O. The second-order valence-corrected chi connectivity index (χ2v) is 3.98. The van der Waals surface area contributed by atoms with Crippen molar-refractivity contribution in [1.82, 2.24) is 5.32 Å². The average molecular weight is 232 g/mol. The van der Waals surface area contributed by atoms with E-state index >= 15 is 0 Å². The molecule has 0 aliphatic carbocycles. The number of primary amides is 1. The van der Waals surface area contributed by atoms with Gasteiger partial charge in [0, 0.05) is 13.7 Å². The summed E-state index contributed by atoms with van der Waals surface area (Å²) < 4.78 is 10.2. The Bertz CT molecular complexity index is 200. The minimum atomic E-state index is -0.677. The number of hydrogen-bond donors (Lipinski definition) is 2. The van der Waals surface area contributed by atoms with Crippen LogP contribution in [0, 0.1) is 0 Å². The van der Waals surface area contributed by atoms with Gasteiger partial charge in [-0.3, -0.25) is 4.79 Å². The molecule has 0 aromatic heterocycles. The van der Waals surface area contributed by atoms with E-state index in [1.165, 1.54) is 0 Å². The van der Waals surface area contributed by atoms with E-state index in [2.05, 4.69) is 5.32 Å². The van der Waals surface area contributed by atoms with Crippen molar-refractivity contribution in [3.05, 3.63) is 0 Å². The fraction of sp³-hybridized carbons (Fsp3) is 0.909. The molecule has 0 rings (SSSR count). The molecule has 0 spiro atoms. The number of methoxy groups -OCH3 is 1. The molecular weight excluding hydrogens is 208 g/mol. The fourth-order valence-corrected chi connectivity index (χ4v) is 1.22. The summed E-state index contributed by atoms with van der Waals surface area (Å²) in [5, 5.41) is 3.15. The molecule has 1 atom stereocenters. The molecule has 0 aromatic rings. The summed E-state index contributed by atoms with van der Waals surface area (Å²) in [5.74, 6) is -0.337. The van der Waals surface area contributed by atoms with Crippen molar-refractivity contribution < 1.29 is 14.3 Å². The van der Waals surface area contributed by atoms with Gasteiger partial charge in [-0.1, -0.05) is 6.92 Å². The zero-order valence-electron chi connectivity index (χ0n) is 10.5. The van der Waals surface area contributed by atoms with Gasteiger partial charge < -0.3 is 20.5 Å². The zero-order chi connectivity index (χ0) is 12.4. The lowest BCUT2D eigenvalue weighted by Crippen LogP contribution is -2.54. The molecule has 3 N–H and O–H groups in total. The Morgan fingerprint density at radius 3 is 2.56 bits per heavy atom. The minimum Gasteiger partial charge on any atom is -0.382 e. The predicted octanol–water partition coefficient (Wildman–Crippen LogP) is 0.283. The molecule has 0 aliphatic rings. The lowest BCUT2D eigenvalue weighted by atomic mass is 9.97. The summed E-state index contributed by atoms with van der Waals surface area (Å²) in [6, 6.07) is 0. The quantitative estimate of drug-likeness (QED) is 0.531. The Labute approximate surface area is 97.7 Å². The Kier molecular flexibility index (Phi) is 8.15. The Balaban J connectivity index is 3.88. The van der Waals surface area contributed by atoms with E-state index in [9.17, 15) is 4.79 Å². The highest BCUT2D eigenvalue weighted by atomic mass is 16.5. The Hall–Kier alpha value is -0.650. The maximum atomic E-state index is 11.3. The van der Waals surface area contributed by atoms with Crippen molar-refractivity contribution in [3.63, 3.8) is 0 Å². The van der Waals surface area contributed by atoms with Crippen molar-refractivity contribution in [2.24, 2.45) is 5.73 Å². The van der Waals surface area contributed by atoms with Crippen LogP contribution in [-0.2, 0) is 14.3 Å². The van der Waals surface area contributed by atoms with Gasteiger partial charge in [0.15, 0.2) is 0 Å². The van der Waals surface area contributed by atoms with Crippen LogP contribution in [0.15, 0.2) is 0 Å². The molecule has 0 aliphatic heterocycles. The molecule has 5 heteroatoms. The van der Waals surface area contributed by atoms with E-state index in [1.54, 1.807) is 7.11 Å². The van der Waals surface area contributed by atoms with Gasteiger partial charge in [-0.15, -0.1) is 0 Å². The predicted molar refractivity (Wildman–Crippen MR) is 63.2 cm³/mol. The van der Waals surface area contributed by atoms with E-state index < -0.39 is 5.54 Å². The standard InChI is InChI=1S/C11H24N2O3/c1-4-6-13-11(2,10(12)14)5-7-16-9-8-15-3/h13H,4-9H2,1-3H3,(H2,12,14). The second-order valence-electron chi connectivity index (χ2n) is 3.98. The average Bonchev–Trinajstić information content (AvgIpc) is 2.26. The normalized spacial score (nSPS) is 14.7. The van der Waals surface area contributed by atoms with Gasteiger partial charge in [0.05, 0.1) is 18.8 Å². The van der Waals surface area contributed by atoms with Gasteiger partial charge in [-0.25, -0.2) is 0 Å². The molecule has 0 radical (unpaired) electrons. The molecule has 1 amide bonds. The van der Waals surface area contributed by atoms with Crippen molar-refractivity contribution in [2.75, 3.05) is 33.5 Å². The summed E-state index contributed by atoms with van der Waals surface area (Å²) in [4.78, 5) is 11.3. The van der Waals surface area contributed by atoms with Crippen LogP contribution in [0.4, 0.5) is 0 Å². The van der Waals surface area contributed by atoms with Gasteiger partial charge in [0.2, 0.25) is 5.91 Å². The maximum Gasteiger partial charge on any atom is 0.237 e. The van der Waals surface area contributed by atoms with E-state index in [0.29, 0.717) is 26.2 Å². The lowest BCUT2D eigenvalue weighted by Gasteiger charge is -2.27. The first kappa shape index (κ1) is 15.3. The van der Waals surface area contributed by atoms with Crippen LogP contribution in [0.1, 0.15) is 26.7 Å². The van der Waals surface area contributed by atoms with Gasteiger partial charge in [0.1, 0.15) is 0 Å². The van der Waals surface area contributed by atoms with Crippen LogP contribution in [0.25, 0.3) is 0 Å². The lowest BCUT2D eigenvalue weighted by molar-refractivity contribution is -0.124. The van der Waals surface area contributed by atoms with E-state index in [1.807, 2.05) is 13.8 Å². The number of hydrogen-bond acceptors (Lipinski definition) is 4. The Morgan fingerprint density at radius 2 is 2.06 bits per heavy atom. The van der Waals surface area contributed by atoms with Gasteiger partial charge in [0.25, 0.3) is 0 Å². The molecular formula is C11H24N2O3. The van der Waals surface area contributed by atoms with Crippen LogP contribution in [0.2, 0.25) is 0 Å². The Morgan fingerprint density at radius 1 is 1.38 bits per heavy atom. The molecule has 96 valence electrons. The van der Waals surface area contributed by atoms with Crippen molar-refractivity contribution in [3.8, 4) is 0 Å². The van der Waals surface area contributed by atoms with Crippen LogP contribution in [0.5, 0.6) is 0 Å². The molecule has 0 heterocycles. The molecule has 5 nitrogen and oxygen atoms in total. The summed E-state index contributed by atoms with van der Waals surface area (Å²) in [7, 11) is 1.62. The number of carbonyl (C=O) groups excluding carboxylic acids is 1. The first-order valence-electron chi connectivity index (χ1n) is 5.68. The molecule has 1 unspecified atom stereocenters. The van der Waals surface area contributed by atoms with Crippen LogP contribution in [-0.4, -0.2) is 44.9 Å². The third-order valence-corrected chi connectivity index (χ3v) is 2.49. The first-order valence-corrected chi connectivity index (χ1v) is 5.68. The largest absolute Gasteiger partial charge is 0.382 e. The molecule has 0 fully saturated rings. The zero-order valence-corrected chi connectivity index (χ0v) is 10.5. The monoisotopic (exact) mass is 232 g/mol. The molecule has 0 bridgehead atoms. The topological polar surface area (TPSA) is 73.6 Å². The summed E-state index contributed by atoms with van der Waals surface area (Å²) >= 11 is 0. The summed E-state index contributed by atoms with van der Waals surface area (Å²) in [6.45, 7) is 6.24. The summed E-state index contributed by atoms with van der Waals surface area (Å²) in [6.07, 6.45) is 1.54. The highest BCUT2D eigenvalue weighted by molar-refractivity contribution is 5.84. The van der Waals surface area contributed by atoms with Gasteiger partial charge >= 0.3 is 0 Å². The number of rotatable bonds is 10.